The smallest absolute Gasteiger partial charge is 0.103 e. The largest absolute Gasteiger partial charge is 0.251 e. The fourth-order valence-electron chi connectivity index (χ4n) is 2.02. The van der Waals surface area contributed by atoms with Crippen LogP contribution < -0.4 is 0 Å². The summed E-state index contributed by atoms with van der Waals surface area (Å²) in [6.45, 7) is -0.506. The lowest BCUT2D eigenvalue weighted by molar-refractivity contribution is 0.208. The fraction of sp³-hybridized carbons (Fsp3) is 1.00. The zero-order valence-electron chi connectivity index (χ0n) is 7.57. The minimum Gasteiger partial charge on any atom is -0.251 e. The van der Waals surface area contributed by atoms with Gasteiger partial charge in [0.05, 0.1) is 6.67 Å². The Kier molecular flexibility index (Phi) is 4.55. The van der Waals surface area contributed by atoms with E-state index in [1.807, 2.05) is 0 Å². The summed E-state index contributed by atoms with van der Waals surface area (Å²) < 4.78 is 24.7. The van der Waals surface area contributed by atoms with E-state index in [-0.39, 0.29) is 6.42 Å². The molecule has 0 aromatic heterocycles. The Labute approximate surface area is 73.3 Å². The highest BCUT2D eigenvalue weighted by Crippen LogP contribution is 2.28. The third kappa shape index (κ3) is 3.51. The first-order valence-corrected chi connectivity index (χ1v) is 5.03. The summed E-state index contributed by atoms with van der Waals surface area (Å²) in [6, 6.07) is 0. The van der Waals surface area contributed by atoms with Crippen molar-refractivity contribution in [1.29, 1.82) is 0 Å². The second-order valence-electron chi connectivity index (χ2n) is 3.81. The Bertz CT molecular complexity index is 108. The SMILES string of the molecule is FCCC(F)CC1CCCCC1. The molecule has 1 aliphatic carbocycles. The van der Waals surface area contributed by atoms with Gasteiger partial charge in [-0.25, -0.2) is 4.39 Å². The molecule has 2 heteroatoms. The van der Waals surface area contributed by atoms with Crippen molar-refractivity contribution in [1.82, 2.24) is 0 Å². The van der Waals surface area contributed by atoms with Crippen molar-refractivity contribution in [3.63, 3.8) is 0 Å². The second-order valence-corrected chi connectivity index (χ2v) is 3.81. The molecule has 1 aliphatic rings. The summed E-state index contributed by atoms with van der Waals surface area (Å²) in [5.74, 6) is 0.542. The molecule has 0 heterocycles. The van der Waals surface area contributed by atoms with Crippen molar-refractivity contribution >= 4 is 0 Å². The summed E-state index contributed by atoms with van der Waals surface area (Å²) in [5.41, 5.74) is 0. The number of hydrogen-bond acceptors (Lipinski definition) is 0. The molecule has 1 unspecified atom stereocenters. The Morgan fingerprint density at radius 3 is 2.42 bits per heavy atom. The normalized spacial score (nSPS) is 22.5. The maximum Gasteiger partial charge on any atom is 0.103 e. The molecule has 1 fully saturated rings. The first kappa shape index (κ1) is 9.94. The van der Waals surface area contributed by atoms with Gasteiger partial charge in [0.25, 0.3) is 0 Å². The van der Waals surface area contributed by atoms with Gasteiger partial charge in [-0.3, -0.25) is 4.39 Å². The summed E-state index contributed by atoms with van der Waals surface area (Å²) in [4.78, 5) is 0. The van der Waals surface area contributed by atoms with Gasteiger partial charge in [0.15, 0.2) is 0 Å². The highest BCUT2D eigenvalue weighted by atomic mass is 19.1. The van der Waals surface area contributed by atoms with Gasteiger partial charge in [-0.2, -0.15) is 0 Å². The summed E-state index contributed by atoms with van der Waals surface area (Å²) >= 11 is 0. The molecule has 0 saturated heterocycles. The number of halogens is 2. The van der Waals surface area contributed by atoms with Gasteiger partial charge in [0.2, 0.25) is 0 Å². The van der Waals surface area contributed by atoms with Crippen LogP contribution in [0.15, 0.2) is 0 Å². The van der Waals surface area contributed by atoms with Crippen LogP contribution in [-0.2, 0) is 0 Å². The lowest BCUT2D eigenvalue weighted by Crippen LogP contribution is -2.13. The molecule has 1 atom stereocenters. The molecule has 0 bridgehead atoms. The van der Waals surface area contributed by atoms with Gasteiger partial charge in [-0.1, -0.05) is 32.1 Å². The van der Waals surface area contributed by atoms with Crippen LogP contribution in [0, 0.1) is 5.92 Å². The quantitative estimate of drug-likeness (QED) is 0.613. The van der Waals surface area contributed by atoms with E-state index >= 15 is 0 Å². The number of hydrogen-bond donors (Lipinski definition) is 0. The van der Waals surface area contributed by atoms with E-state index in [9.17, 15) is 8.78 Å². The van der Waals surface area contributed by atoms with Gasteiger partial charge < -0.3 is 0 Å². The van der Waals surface area contributed by atoms with Crippen molar-refractivity contribution in [3.05, 3.63) is 0 Å². The highest BCUT2D eigenvalue weighted by Gasteiger charge is 2.17. The van der Waals surface area contributed by atoms with Crippen molar-refractivity contribution < 1.29 is 8.78 Å². The van der Waals surface area contributed by atoms with Crippen LogP contribution in [0.2, 0.25) is 0 Å². The van der Waals surface area contributed by atoms with E-state index in [1.54, 1.807) is 0 Å². The lowest BCUT2D eigenvalue weighted by atomic mass is 9.85. The molecule has 1 saturated carbocycles. The Balaban J connectivity index is 2.11. The molecular formula is C10H18F2. The van der Waals surface area contributed by atoms with E-state index in [2.05, 4.69) is 0 Å². The van der Waals surface area contributed by atoms with Crippen molar-refractivity contribution in [2.75, 3.05) is 6.67 Å². The fourth-order valence-corrected chi connectivity index (χ4v) is 2.02. The predicted molar refractivity (Wildman–Crippen MR) is 46.7 cm³/mol. The first-order valence-electron chi connectivity index (χ1n) is 5.03. The topological polar surface area (TPSA) is 0 Å². The summed E-state index contributed by atoms with van der Waals surface area (Å²) in [5, 5.41) is 0. The molecular weight excluding hydrogens is 158 g/mol. The Hall–Kier alpha value is -0.140. The van der Waals surface area contributed by atoms with E-state index in [0.29, 0.717) is 12.3 Å². The molecule has 0 aromatic carbocycles. The molecule has 0 radical (unpaired) electrons. The first-order chi connectivity index (χ1) is 5.83. The second kappa shape index (κ2) is 5.50. The van der Waals surface area contributed by atoms with Crippen molar-refractivity contribution in [2.45, 2.75) is 51.1 Å². The minimum absolute atomic E-state index is 0.108. The highest BCUT2D eigenvalue weighted by molar-refractivity contribution is 4.69. The van der Waals surface area contributed by atoms with Crippen LogP contribution >= 0.6 is 0 Å². The molecule has 1 rings (SSSR count). The van der Waals surface area contributed by atoms with Crippen LogP contribution in [0.5, 0.6) is 0 Å². The van der Waals surface area contributed by atoms with E-state index in [4.69, 9.17) is 0 Å². The Morgan fingerprint density at radius 1 is 1.17 bits per heavy atom. The summed E-state index contributed by atoms with van der Waals surface area (Å²) in [7, 11) is 0. The summed E-state index contributed by atoms with van der Waals surface area (Å²) in [6.07, 6.45) is 5.93. The van der Waals surface area contributed by atoms with E-state index in [0.717, 1.165) is 12.8 Å². The molecule has 0 spiro atoms. The van der Waals surface area contributed by atoms with Gasteiger partial charge in [-0.15, -0.1) is 0 Å². The predicted octanol–water partition coefficient (Wildman–Crippen LogP) is 3.65. The van der Waals surface area contributed by atoms with Gasteiger partial charge in [-0.05, 0) is 12.3 Å². The number of rotatable bonds is 4. The minimum atomic E-state index is -0.891. The maximum absolute atomic E-state index is 12.9. The zero-order chi connectivity index (χ0) is 8.81. The third-order valence-corrected chi connectivity index (χ3v) is 2.74. The monoisotopic (exact) mass is 176 g/mol. The van der Waals surface area contributed by atoms with Crippen LogP contribution in [0.3, 0.4) is 0 Å². The lowest BCUT2D eigenvalue weighted by Gasteiger charge is -2.22. The molecule has 72 valence electrons. The van der Waals surface area contributed by atoms with Gasteiger partial charge >= 0.3 is 0 Å². The average Bonchev–Trinajstić information content (AvgIpc) is 2.06. The van der Waals surface area contributed by atoms with E-state index in [1.165, 1.54) is 19.3 Å². The average molecular weight is 176 g/mol. The molecule has 0 aromatic rings. The van der Waals surface area contributed by atoms with Crippen LogP contribution in [0.4, 0.5) is 8.78 Å². The zero-order valence-corrected chi connectivity index (χ0v) is 7.57. The van der Waals surface area contributed by atoms with E-state index < -0.39 is 12.8 Å². The number of alkyl halides is 2. The van der Waals surface area contributed by atoms with Gasteiger partial charge in [0, 0.05) is 6.42 Å². The van der Waals surface area contributed by atoms with Crippen molar-refractivity contribution in [3.8, 4) is 0 Å². The molecule has 0 aliphatic heterocycles. The maximum atomic E-state index is 12.9. The van der Waals surface area contributed by atoms with Crippen LogP contribution in [0.25, 0.3) is 0 Å². The van der Waals surface area contributed by atoms with Gasteiger partial charge in [0.1, 0.15) is 6.17 Å². The standard InChI is InChI=1S/C10H18F2/c11-7-6-10(12)8-9-4-2-1-3-5-9/h9-10H,1-8H2. The molecule has 0 N–H and O–H groups in total. The molecule has 0 amide bonds. The van der Waals surface area contributed by atoms with Crippen molar-refractivity contribution in [2.24, 2.45) is 5.92 Å². The van der Waals surface area contributed by atoms with Crippen LogP contribution in [0.1, 0.15) is 44.9 Å². The Morgan fingerprint density at radius 2 is 1.83 bits per heavy atom. The molecule has 12 heavy (non-hydrogen) atoms. The third-order valence-electron chi connectivity index (χ3n) is 2.74. The molecule has 0 nitrogen and oxygen atoms in total. The van der Waals surface area contributed by atoms with Crippen LogP contribution in [-0.4, -0.2) is 12.8 Å².